The fraction of sp³-hybridized carbons (Fsp3) is 0.467. The number of hydrogen-bond donors (Lipinski definition) is 1. The topological polar surface area (TPSA) is 41.1 Å². The number of aromatic nitrogens is 2. The zero-order valence-electron chi connectivity index (χ0n) is 11.6. The Balaban J connectivity index is 1.75. The molecule has 19 heavy (non-hydrogen) atoms. The number of rotatable bonds is 3. The van der Waals surface area contributed by atoms with E-state index in [1.807, 2.05) is 31.2 Å². The molecular weight excluding hydrogens is 236 g/mol. The molecule has 1 atom stereocenters. The van der Waals surface area contributed by atoms with Crippen LogP contribution in [0.2, 0.25) is 0 Å². The van der Waals surface area contributed by atoms with Gasteiger partial charge in [-0.2, -0.15) is 0 Å². The fourth-order valence-electron chi connectivity index (χ4n) is 2.69. The van der Waals surface area contributed by atoms with Gasteiger partial charge in [0, 0.05) is 13.1 Å². The highest BCUT2D eigenvalue weighted by atomic mass is 15.1. The van der Waals surface area contributed by atoms with Crippen LogP contribution in [0.4, 0.5) is 5.82 Å². The first-order valence-electron chi connectivity index (χ1n) is 6.88. The molecule has 0 amide bonds. The summed E-state index contributed by atoms with van der Waals surface area (Å²) < 4.78 is 0. The number of benzene rings is 1. The van der Waals surface area contributed by atoms with Crippen molar-refractivity contribution in [3.05, 3.63) is 30.0 Å². The molecule has 2 aromatic rings. The number of likely N-dealkylation sites (tertiary alicyclic amines) is 1. The van der Waals surface area contributed by atoms with Gasteiger partial charge >= 0.3 is 0 Å². The summed E-state index contributed by atoms with van der Waals surface area (Å²) in [5.41, 5.74) is 2.90. The Labute approximate surface area is 113 Å². The van der Waals surface area contributed by atoms with Crippen LogP contribution >= 0.6 is 0 Å². The molecule has 100 valence electrons. The van der Waals surface area contributed by atoms with Crippen LogP contribution in [-0.4, -0.2) is 41.5 Å². The molecule has 0 spiro atoms. The zero-order valence-corrected chi connectivity index (χ0v) is 11.6. The Bertz CT molecular complexity index is 581. The third kappa shape index (κ3) is 2.68. The molecule has 1 N–H and O–H groups in total. The van der Waals surface area contributed by atoms with Gasteiger partial charge in [-0.3, -0.25) is 0 Å². The molecule has 4 nitrogen and oxygen atoms in total. The molecule has 0 radical (unpaired) electrons. The Morgan fingerprint density at radius 2 is 2.00 bits per heavy atom. The van der Waals surface area contributed by atoms with Gasteiger partial charge in [0.2, 0.25) is 0 Å². The average Bonchev–Trinajstić information content (AvgIpc) is 2.82. The highest BCUT2D eigenvalue weighted by Crippen LogP contribution is 2.18. The van der Waals surface area contributed by atoms with E-state index in [-0.39, 0.29) is 0 Å². The Morgan fingerprint density at radius 3 is 2.68 bits per heavy atom. The monoisotopic (exact) mass is 256 g/mol. The molecule has 1 aromatic carbocycles. The molecule has 1 aliphatic heterocycles. The van der Waals surface area contributed by atoms with E-state index in [9.17, 15) is 0 Å². The van der Waals surface area contributed by atoms with Gasteiger partial charge in [-0.15, -0.1) is 0 Å². The quantitative estimate of drug-likeness (QED) is 0.915. The molecule has 0 aliphatic carbocycles. The van der Waals surface area contributed by atoms with Crippen molar-refractivity contribution in [1.29, 1.82) is 0 Å². The van der Waals surface area contributed by atoms with E-state index in [1.54, 1.807) is 0 Å². The lowest BCUT2D eigenvalue weighted by Gasteiger charge is -2.13. The van der Waals surface area contributed by atoms with Crippen molar-refractivity contribution in [2.24, 2.45) is 5.92 Å². The minimum atomic E-state index is 0.720. The summed E-state index contributed by atoms with van der Waals surface area (Å²) in [7, 11) is 2.18. The van der Waals surface area contributed by atoms with Gasteiger partial charge in [-0.05, 0) is 45.0 Å². The van der Waals surface area contributed by atoms with Gasteiger partial charge in [-0.1, -0.05) is 12.1 Å². The van der Waals surface area contributed by atoms with Crippen molar-refractivity contribution in [2.75, 3.05) is 32.0 Å². The number of para-hydroxylation sites is 2. The number of nitrogens with zero attached hydrogens (tertiary/aromatic N) is 3. The van der Waals surface area contributed by atoms with Crippen LogP contribution in [0.3, 0.4) is 0 Å². The van der Waals surface area contributed by atoms with Crippen molar-refractivity contribution in [3.63, 3.8) is 0 Å². The first kappa shape index (κ1) is 12.4. The largest absolute Gasteiger partial charge is 0.368 e. The second-order valence-electron chi connectivity index (χ2n) is 5.44. The smallest absolute Gasteiger partial charge is 0.148 e. The lowest BCUT2D eigenvalue weighted by Crippen LogP contribution is -2.20. The van der Waals surface area contributed by atoms with Crippen molar-refractivity contribution in [2.45, 2.75) is 13.3 Å². The SMILES string of the molecule is Cc1nc2ccccc2nc1NCC1CCN(C)C1. The third-order valence-electron chi connectivity index (χ3n) is 3.79. The lowest BCUT2D eigenvalue weighted by molar-refractivity contribution is 0.399. The zero-order chi connectivity index (χ0) is 13.2. The fourth-order valence-corrected chi connectivity index (χ4v) is 2.69. The Hall–Kier alpha value is -1.68. The summed E-state index contributed by atoms with van der Waals surface area (Å²) in [5, 5.41) is 3.47. The number of nitrogens with one attached hydrogen (secondary N) is 1. The maximum absolute atomic E-state index is 4.67. The van der Waals surface area contributed by atoms with Crippen LogP contribution in [0.25, 0.3) is 11.0 Å². The number of aryl methyl sites for hydroxylation is 1. The van der Waals surface area contributed by atoms with Gasteiger partial charge in [0.1, 0.15) is 5.82 Å². The van der Waals surface area contributed by atoms with E-state index < -0.39 is 0 Å². The van der Waals surface area contributed by atoms with Gasteiger partial charge in [0.25, 0.3) is 0 Å². The molecule has 0 bridgehead atoms. The molecular formula is C15H20N4. The summed E-state index contributed by atoms with van der Waals surface area (Å²) in [4.78, 5) is 11.6. The van der Waals surface area contributed by atoms with Gasteiger partial charge in [0.15, 0.2) is 0 Å². The molecule has 0 saturated carbocycles. The van der Waals surface area contributed by atoms with Gasteiger partial charge in [0.05, 0.1) is 16.7 Å². The predicted octanol–water partition coefficient (Wildman–Crippen LogP) is 2.30. The van der Waals surface area contributed by atoms with Crippen LogP contribution in [0.5, 0.6) is 0 Å². The molecule has 1 fully saturated rings. The van der Waals surface area contributed by atoms with Crippen molar-refractivity contribution >= 4 is 16.9 Å². The van der Waals surface area contributed by atoms with E-state index in [0.29, 0.717) is 0 Å². The summed E-state index contributed by atoms with van der Waals surface area (Å²) >= 11 is 0. The predicted molar refractivity (Wildman–Crippen MR) is 78.4 cm³/mol. The molecule has 2 heterocycles. The van der Waals surface area contributed by atoms with E-state index in [4.69, 9.17) is 0 Å². The van der Waals surface area contributed by atoms with Gasteiger partial charge in [-0.25, -0.2) is 9.97 Å². The second-order valence-corrected chi connectivity index (χ2v) is 5.44. The maximum Gasteiger partial charge on any atom is 0.148 e. The van der Waals surface area contributed by atoms with E-state index in [0.717, 1.165) is 35.0 Å². The molecule has 3 rings (SSSR count). The highest BCUT2D eigenvalue weighted by molar-refractivity contribution is 5.76. The standard InChI is InChI=1S/C15H20N4/c1-11-15(16-9-12-7-8-19(2)10-12)18-14-6-4-3-5-13(14)17-11/h3-6,12H,7-10H2,1-2H3,(H,16,18). The third-order valence-corrected chi connectivity index (χ3v) is 3.79. The van der Waals surface area contributed by atoms with Crippen LogP contribution in [0, 0.1) is 12.8 Å². The van der Waals surface area contributed by atoms with Gasteiger partial charge < -0.3 is 10.2 Å². The van der Waals surface area contributed by atoms with Crippen molar-refractivity contribution in [1.82, 2.24) is 14.9 Å². The second kappa shape index (κ2) is 5.13. The summed E-state index contributed by atoms with van der Waals surface area (Å²) in [6.07, 6.45) is 1.27. The first-order chi connectivity index (χ1) is 9.22. The van der Waals surface area contributed by atoms with E-state index in [1.165, 1.54) is 19.5 Å². The van der Waals surface area contributed by atoms with Crippen molar-refractivity contribution in [3.8, 4) is 0 Å². The minimum Gasteiger partial charge on any atom is -0.368 e. The van der Waals surface area contributed by atoms with Crippen molar-refractivity contribution < 1.29 is 0 Å². The first-order valence-corrected chi connectivity index (χ1v) is 6.88. The summed E-state index contributed by atoms with van der Waals surface area (Å²) in [5.74, 6) is 1.64. The summed E-state index contributed by atoms with van der Waals surface area (Å²) in [6, 6.07) is 8.02. The Kier molecular flexibility index (Phi) is 3.34. The average molecular weight is 256 g/mol. The molecule has 4 heteroatoms. The minimum absolute atomic E-state index is 0.720. The molecule has 1 unspecified atom stereocenters. The van der Waals surface area contributed by atoms with E-state index >= 15 is 0 Å². The van der Waals surface area contributed by atoms with Crippen LogP contribution in [-0.2, 0) is 0 Å². The Morgan fingerprint density at radius 1 is 1.26 bits per heavy atom. The molecule has 1 saturated heterocycles. The highest BCUT2D eigenvalue weighted by Gasteiger charge is 2.19. The molecule has 1 aromatic heterocycles. The van der Waals surface area contributed by atoms with Crippen LogP contribution < -0.4 is 5.32 Å². The van der Waals surface area contributed by atoms with E-state index in [2.05, 4.69) is 27.2 Å². The summed E-state index contributed by atoms with van der Waals surface area (Å²) in [6.45, 7) is 5.38. The van der Waals surface area contributed by atoms with Crippen LogP contribution in [0.1, 0.15) is 12.1 Å². The lowest BCUT2D eigenvalue weighted by atomic mass is 10.1. The maximum atomic E-state index is 4.67. The number of hydrogen-bond acceptors (Lipinski definition) is 4. The normalized spacial score (nSPS) is 20.0. The number of fused-ring (bicyclic) bond motifs is 1. The number of anilines is 1. The molecule has 1 aliphatic rings. The van der Waals surface area contributed by atoms with Crippen LogP contribution in [0.15, 0.2) is 24.3 Å².